The second-order valence-electron chi connectivity index (χ2n) is 9.70. The molecular weight excluding hydrogens is 404 g/mol. The zero-order valence-electron chi connectivity index (χ0n) is 20.4. The van der Waals surface area contributed by atoms with Crippen LogP contribution >= 0.6 is 0 Å². The zero-order chi connectivity index (χ0) is 23.9. The SMILES string of the molecule is CCC(CC)(COc1ccc(CO)c(CO)c1)c1ccc(OCC(O)C(C)(C)C)c(C)c1. The van der Waals surface area contributed by atoms with E-state index in [9.17, 15) is 15.3 Å². The van der Waals surface area contributed by atoms with E-state index in [0.717, 1.165) is 24.2 Å². The second kappa shape index (κ2) is 11.2. The standard InChI is InChI=1S/C27H40O5/c1-7-27(8-2,18-32-23-11-9-20(15-28)21(14-23)16-29)22-10-12-24(19(3)13-22)31-17-25(30)26(4,5)6/h9-14,25,28-30H,7-8,15-18H2,1-6H3. The van der Waals surface area contributed by atoms with Crippen LogP contribution in [0.15, 0.2) is 36.4 Å². The fourth-order valence-electron chi connectivity index (χ4n) is 3.72. The van der Waals surface area contributed by atoms with E-state index >= 15 is 0 Å². The van der Waals surface area contributed by atoms with Crippen LogP contribution in [0.4, 0.5) is 0 Å². The highest BCUT2D eigenvalue weighted by Crippen LogP contribution is 2.35. The van der Waals surface area contributed by atoms with Crippen molar-refractivity contribution >= 4 is 0 Å². The molecule has 5 nitrogen and oxygen atoms in total. The highest BCUT2D eigenvalue weighted by atomic mass is 16.5. The first kappa shape index (κ1) is 26.2. The van der Waals surface area contributed by atoms with Gasteiger partial charge in [0.15, 0.2) is 0 Å². The average Bonchev–Trinajstić information content (AvgIpc) is 2.78. The normalized spacial score (nSPS) is 13.2. The predicted molar refractivity (Wildman–Crippen MR) is 128 cm³/mol. The third kappa shape index (κ3) is 6.25. The Morgan fingerprint density at radius 3 is 2.06 bits per heavy atom. The maximum atomic E-state index is 10.3. The number of aryl methyl sites for hydroxylation is 1. The molecule has 0 aliphatic rings. The molecule has 2 aromatic rings. The summed E-state index contributed by atoms with van der Waals surface area (Å²) in [6.07, 6.45) is 1.28. The van der Waals surface area contributed by atoms with E-state index in [1.165, 1.54) is 5.56 Å². The number of ether oxygens (including phenoxy) is 2. The predicted octanol–water partition coefficient (Wildman–Crippen LogP) is 4.90. The molecule has 1 atom stereocenters. The Labute approximate surface area is 193 Å². The molecule has 0 saturated carbocycles. The number of rotatable bonds is 11. The molecule has 0 heterocycles. The van der Waals surface area contributed by atoms with Gasteiger partial charge in [-0.3, -0.25) is 0 Å². The highest BCUT2D eigenvalue weighted by Gasteiger charge is 2.30. The Morgan fingerprint density at radius 1 is 0.875 bits per heavy atom. The van der Waals surface area contributed by atoms with E-state index in [1.807, 2.05) is 39.8 Å². The summed E-state index contributed by atoms with van der Waals surface area (Å²) in [5.41, 5.74) is 3.22. The van der Waals surface area contributed by atoms with Crippen molar-refractivity contribution in [2.24, 2.45) is 5.41 Å². The topological polar surface area (TPSA) is 79.2 Å². The van der Waals surface area contributed by atoms with Crippen LogP contribution in [0.5, 0.6) is 11.5 Å². The molecule has 2 rings (SSSR count). The summed E-state index contributed by atoms with van der Waals surface area (Å²) < 4.78 is 12.1. The van der Waals surface area contributed by atoms with Gasteiger partial charge in [-0.1, -0.05) is 52.8 Å². The molecule has 178 valence electrons. The lowest BCUT2D eigenvalue weighted by Crippen LogP contribution is -2.33. The minimum Gasteiger partial charge on any atom is -0.493 e. The zero-order valence-corrected chi connectivity index (χ0v) is 20.4. The minimum atomic E-state index is -0.540. The average molecular weight is 445 g/mol. The maximum Gasteiger partial charge on any atom is 0.122 e. The van der Waals surface area contributed by atoms with Gasteiger partial charge in [0.2, 0.25) is 0 Å². The number of benzene rings is 2. The Balaban J connectivity index is 2.19. The number of aliphatic hydroxyl groups is 3. The molecule has 0 spiro atoms. The molecule has 0 amide bonds. The molecule has 5 heteroatoms. The van der Waals surface area contributed by atoms with Crippen molar-refractivity contribution < 1.29 is 24.8 Å². The fraction of sp³-hybridized carbons (Fsp3) is 0.556. The smallest absolute Gasteiger partial charge is 0.122 e. The summed E-state index contributed by atoms with van der Waals surface area (Å²) in [6.45, 7) is 12.9. The number of hydrogen-bond donors (Lipinski definition) is 3. The lowest BCUT2D eigenvalue weighted by Gasteiger charge is -2.33. The quantitative estimate of drug-likeness (QED) is 0.459. The van der Waals surface area contributed by atoms with Crippen molar-refractivity contribution in [3.63, 3.8) is 0 Å². The molecule has 0 aliphatic carbocycles. The summed E-state index contributed by atoms with van der Waals surface area (Å²) in [7, 11) is 0. The first-order valence-corrected chi connectivity index (χ1v) is 11.5. The van der Waals surface area contributed by atoms with E-state index in [0.29, 0.717) is 23.5 Å². The lowest BCUT2D eigenvalue weighted by molar-refractivity contribution is 0.0216. The van der Waals surface area contributed by atoms with Crippen LogP contribution in [0.3, 0.4) is 0 Å². The van der Waals surface area contributed by atoms with Crippen LogP contribution in [-0.4, -0.2) is 34.6 Å². The van der Waals surface area contributed by atoms with Gasteiger partial charge in [-0.25, -0.2) is 0 Å². The van der Waals surface area contributed by atoms with Gasteiger partial charge in [0.1, 0.15) is 18.1 Å². The molecule has 32 heavy (non-hydrogen) atoms. The van der Waals surface area contributed by atoms with Gasteiger partial charge in [0, 0.05) is 5.41 Å². The monoisotopic (exact) mass is 444 g/mol. The van der Waals surface area contributed by atoms with Crippen molar-refractivity contribution in [1.82, 2.24) is 0 Å². The van der Waals surface area contributed by atoms with Gasteiger partial charge < -0.3 is 24.8 Å². The van der Waals surface area contributed by atoms with Crippen LogP contribution < -0.4 is 9.47 Å². The van der Waals surface area contributed by atoms with Gasteiger partial charge in [-0.2, -0.15) is 0 Å². The van der Waals surface area contributed by atoms with Crippen LogP contribution in [0, 0.1) is 12.3 Å². The maximum absolute atomic E-state index is 10.3. The van der Waals surface area contributed by atoms with Crippen molar-refractivity contribution in [3.8, 4) is 11.5 Å². The van der Waals surface area contributed by atoms with Crippen molar-refractivity contribution in [2.45, 2.75) is 79.1 Å². The summed E-state index contributed by atoms with van der Waals surface area (Å²) in [6, 6.07) is 11.7. The first-order chi connectivity index (χ1) is 15.1. The summed E-state index contributed by atoms with van der Waals surface area (Å²) >= 11 is 0. The molecule has 3 N–H and O–H groups in total. The fourth-order valence-corrected chi connectivity index (χ4v) is 3.72. The largest absolute Gasteiger partial charge is 0.493 e. The molecule has 0 fully saturated rings. The molecule has 0 radical (unpaired) electrons. The third-order valence-corrected chi connectivity index (χ3v) is 6.57. The third-order valence-electron chi connectivity index (χ3n) is 6.57. The van der Waals surface area contributed by atoms with Crippen LogP contribution in [0.1, 0.15) is 69.7 Å². The van der Waals surface area contributed by atoms with Gasteiger partial charge >= 0.3 is 0 Å². The summed E-state index contributed by atoms with van der Waals surface area (Å²) in [5.74, 6) is 1.47. The molecule has 0 saturated heterocycles. The first-order valence-electron chi connectivity index (χ1n) is 11.5. The second-order valence-corrected chi connectivity index (χ2v) is 9.70. The van der Waals surface area contributed by atoms with Crippen LogP contribution in [0.2, 0.25) is 0 Å². The van der Waals surface area contributed by atoms with E-state index < -0.39 is 6.10 Å². The van der Waals surface area contributed by atoms with Gasteiger partial charge in [0.25, 0.3) is 0 Å². The van der Waals surface area contributed by atoms with Gasteiger partial charge in [-0.05, 0) is 65.6 Å². The van der Waals surface area contributed by atoms with E-state index in [2.05, 4.69) is 26.0 Å². The Kier molecular flexibility index (Phi) is 9.14. The minimum absolute atomic E-state index is 0.107. The molecule has 0 aliphatic heterocycles. The molecule has 0 aromatic heterocycles. The Morgan fingerprint density at radius 2 is 1.53 bits per heavy atom. The van der Waals surface area contributed by atoms with Gasteiger partial charge in [-0.15, -0.1) is 0 Å². The Bertz CT molecular complexity index is 865. The van der Waals surface area contributed by atoms with Gasteiger partial charge in [0.05, 0.1) is 25.9 Å². The molecule has 1 unspecified atom stereocenters. The van der Waals surface area contributed by atoms with E-state index in [4.69, 9.17) is 9.47 Å². The molecule has 0 bridgehead atoms. The summed E-state index contributed by atoms with van der Waals surface area (Å²) in [4.78, 5) is 0. The Hall–Kier alpha value is -2.08. The van der Waals surface area contributed by atoms with E-state index in [-0.39, 0.29) is 30.7 Å². The lowest BCUT2D eigenvalue weighted by atomic mass is 9.76. The van der Waals surface area contributed by atoms with Crippen LogP contribution in [-0.2, 0) is 18.6 Å². The van der Waals surface area contributed by atoms with E-state index in [1.54, 1.807) is 12.1 Å². The summed E-state index contributed by atoms with van der Waals surface area (Å²) in [5, 5.41) is 29.2. The molecule has 2 aromatic carbocycles. The highest BCUT2D eigenvalue weighted by molar-refractivity contribution is 5.40. The molecular formula is C27H40O5. The van der Waals surface area contributed by atoms with Crippen molar-refractivity contribution in [3.05, 3.63) is 58.7 Å². The van der Waals surface area contributed by atoms with Crippen molar-refractivity contribution in [1.29, 1.82) is 0 Å². The number of aliphatic hydroxyl groups excluding tert-OH is 3. The van der Waals surface area contributed by atoms with Crippen LogP contribution in [0.25, 0.3) is 0 Å². The number of hydrogen-bond acceptors (Lipinski definition) is 5. The van der Waals surface area contributed by atoms with Crippen molar-refractivity contribution in [2.75, 3.05) is 13.2 Å².